The molecule has 1 saturated heterocycles. The molecule has 0 radical (unpaired) electrons. The first-order chi connectivity index (χ1) is 13.1. The van der Waals surface area contributed by atoms with Crippen molar-refractivity contribution in [2.75, 3.05) is 18.0 Å². The molecule has 0 bridgehead atoms. The van der Waals surface area contributed by atoms with Gasteiger partial charge in [-0.2, -0.15) is 0 Å². The molecule has 4 rings (SSSR count). The Morgan fingerprint density at radius 2 is 1.61 bits per heavy atom. The van der Waals surface area contributed by atoms with Gasteiger partial charge in [0.15, 0.2) is 0 Å². The number of aryl methyl sites for hydroxylation is 1. The molecule has 1 aliphatic heterocycles. The Hall–Kier alpha value is -2.00. The second kappa shape index (κ2) is 9.00. The van der Waals surface area contributed by atoms with Gasteiger partial charge in [-0.25, -0.2) is 0 Å². The van der Waals surface area contributed by atoms with Gasteiger partial charge >= 0.3 is 0 Å². The first kappa shape index (κ1) is 20.7. The van der Waals surface area contributed by atoms with E-state index in [9.17, 15) is 5.11 Å². The molecule has 150 valence electrons. The van der Waals surface area contributed by atoms with Crippen molar-refractivity contribution in [1.29, 1.82) is 0 Å². The highest BCUT2D eigenvalue weighted by atomic mass is 35.5. The van der Waals surface area contributed by atoms with E-state index in [4.69, 9.17) is 0 Å². The quantitative estimate of drug-likeness (QED) is 0.605. The molecule has 2 aromatic carbocycles. The molecule has 1 N–H and O–H groups in total. The van der Waals surface area contributed by atoms with Crippen LogP contribution in [0.3, 0.4) is 0 Å². The van der Waals surface area contributed by atoms with Crippen molar-refractivity contribution in [3.63, 3.8) is 0 Å². The Labute approximate surface area is 174 Å². The lowest BCUT2D eigenvalue weighted by Crippen LogP contribution is -2.41. The number of phenols is 1. The smallest absolute Gasteiger partial charge is 0.115 e. The van der Waals surface area contributed by atoms with Crippen LogP contribution in [-0.4, -0.2) is 24.4 Å². The number of hydrogen-bond acceptors (Lipinski definition) is 3. The first-order valence-electron chi connectivity index (χ1n) is 10.3. The zero-order chi connectivity index (χ0) is 18.7. The lowest BCUT2D eigenvalue weighted by atomic mass is 9.68. The molecule has 2 aromatic rings. The second-order valence-corrected chi connectivity index (χ2v) is 8.36. The summed E-state index contributed by atoms with van der Waals surface area (Å²) in [6.07, 6.45) is 11.9. The van der Waals surface area contributed by atoms with Crippen LogP contribution in [0.5, 0.6) is 5.75 Å². The number of anilines is 1. The molecule has 0 unspecified atom stereocenters. The van der Waals surface area contributed by atoms with Gasteiger partial charge in [-0.15, -0.1) is 12.4 Å². The largest absolute Gasteiger partial charge is 0.508 e. The molecule has 1 aliphatic carbocycles. The van der Waals surface area contributed by atoms with E-state index in [0.717, 1.165) is 11.3 Å². The van der Waals surface area contributed by atoms with E-state index in [1.54, 1.807) is 12.1 Å². The second-order valence-electron chi connectivity index (χ2n) is 8.36. The third-order valence-electron chi connectivity index (χ3n) is 6.56. The fourth-order valence-electron chi connectivity index (χ4n) is 4.73. The topological polar surface area (TPSA) is 35.8 Å². The maximum absolute atomic E-state index is 9.37. The molecule has 3 nitrogen and oxygen atoms in total. The molecular weight excluding hydrogens is 368 g/mol. The molecule has 2 aliphatic rings. The van der Waals surface area contributed by atoms with Crippen molar-refractivity contribution < 1.29 is 5.11 Å². The lowest BCUT2D eigenvalue weighted by molar-refractivity contribution is 0.144. The average Bonchev–Trinajstić information content (AvgIpc) is 2.69. The van der Waals surface area contributed by atoms with Crippen LogP contribution in [0.25, 0.3) is 0 Å². The van der Waals surface area contributed by atoms with Crippen molar-refractivity contribution in [2.45, 2.75) is 51.9 Å². The molecule has 0 amide bonds. The summed E-state index contributed by atoms with van der Waals surface area (Å²) in [6, 6.07) is 13.7. The van der Waals surface area contributed by atoms with Crippen LogP contribution in [0.2, 0.25) is 0 Å². The van der Waals surface area contributed by atoms with E-state index in [1.807, 2.05) is 18.3 Å². The highest BCUT2D eigenvalue weighted by Crippen LogP contribution is 2.45. The number of nitrogens with zero attached hydrogens (tertiary/aromatic N) is 2. The van der Waals surface area contributed by atoms with Crippen LogP contribution < -0.4 is 4.90 Å². The van der Waals surface area contributed by atoms with Crippen molar-refractivity contribution in [3.05, 3.63) is 53.6 Å². The highest BCUT2D eigenvalue weighted by molar-refractivity contribution is 5.85. The van der Waals surface area contributed by atoms with Gasteiger partial charge in [-0.05, 0) is 85.5 Å². The minimum Gasteiger partial charge on any atom is -0.508 e. The number of hydrogen-bond donors (Lipinski definition) is 1. The normalized spacial score (nSPS) is 19.0. The highest BCUT2D eigenvalue weighted by Gasteiger charge is 2.35. The van der Waals surface area contributed by atoms with Crippen molar-refractivity contribution in [3.8, 4) is 5.75 Å². The Morgan fingerprint density at radius 3 is 2.25 bits per heavy atom. The SMILES string of the molecule is Cc1cc(N2CCC3(CCCCC3)CC2)ccc1C=Nc1ccc(O)cc1.Cl. The van der Waals surface area contributed by atoms with E-state index in [1.165, 1.54) is 69.3 Å². The average molecular weight is 399 g/mol. The molecule has 0 aromatic heterocycles. The van der Waals surface area contributed by atoms with Crippen molar-refractivity contribution in [1.82, 2.24) is 0 Å². The number of benzene rings is 2. The Bertz CT molecular complexity index is 800. The zero-order valence-electron chi connectivity index (χ0n) is 16.7. The van der Waals surface area contributed by atoms with Gasteiger partial charge in [0.05, 0.1) is 5.69 Å². The van der Waals surface area contributed by atoms with Gasteiger partial charge in [0, 0.05) is 25.0 Å². The van der Waals surface area contributed by atoms with Crippen molar-refractivity contribution >= 4 is 30.0 Å². The van der Waals surface area contributed by atoms with Crippen LogP contribution in [0.1, 0.15) is 56.1 Å². The molecule has 1 spiro atoms. The summed E-state index contributed by atoms with van der Waals surface area (Å²) < 4.78 is 0. The fourth-order valence-corrected chi connectivity index (χ4v) is 4.73. The molecule has 4 heteroatoms. The zero-order valence-corrected chi connectivity index (χ0v) is 17.5. The minimum absolute atomic E-state index is 0. The summed E-state index contributed by atoms with van der Waals surface area (Å²) in [4.78, 5) is 7.09. The molecule has 1 saturated carbocycles. The van der Waals surface area contributed by atoms with Crippen LogP contribution in [0.4, 0.5) is 11.4 Å². The van der Waals surface area contributed by atoms with Gasteiger partial charge in [0.1, 0.15) is 5.75 Å². The summed E-state index contributed by atoms with van der Waals surface area (Å²) >= 11 is 0. The van der Waals surface area contributed by atoms with Crippen LogP contribution in [-0.2, 0) is 0 Å². The van der Waals surface area contributed by atoms with Crippen LogP contribution >= 0.6 is 12.4 Å². The Balaban J connectivity index is 0.00000225. The summed E-state index contributed by atoms with van der Waals surface area (Å²) in [5.41, 5.74) is 5.26. The van der Waals surface area contributed by atoms with Gasteiger partial charge in [0.25, 0.3) is 0 Å². The lowest BCUT2D eigenvalue weighted by Gasteiger charge is -2.45. The van der Waals surface area contributed by atoms with E-state index in [-0.39, 0.29) is 18.2 Å². The number of piperidine rings is 1. The molecular formula is C24H31ClN2O. The fraction of sp³-hybridized carbons (Fsp3) is 0.458. The van der Waals surface area contributed by atoms with E-state index >= 15 is 0 Å². The van der Waals surface area contributed by atoms with Crippen LogP contribution in [0, 0.1) is 12.3 Å². The third kappa shape index (κ3) is 4.70. The number of rotatable bonds is 3. The monoisotopic (exact) mass is 398 g/mol. The maximum Gasteiger partial charge on any atom is 0.115 e. The van der Waals surface area contributed by atoms with E-state index in [2.05, 4.69) is 35.0 Å². The number of phenolic OH excluding ortho intramolecular Hbond substituents is 1. The van der Waals surface area contributed by atoms with Gasteiger partial charge in [-0.1, -0.05) is 25.3 Å². The minimum atomic E-state index is 0. The summed E-state index contributed by atoms with van der Waals surface area (Å²) in [5, 5.41) is 9.37. The third-order valence-corrected chi connectivity index (χ3v) is 6.56. The summed E-state index contributed by atoms with van der Waals surface area (Å²) in [5.74, 6) is 0.269. The number of aromatic hydroxyl groups is 1. The van der Waals surface area contributed by atoms with Crippen LogP contribution in [0.15, 0.2) is 47.5 Å². The molecule has 28 heavy (non-hydrogen) atoms. The summed E-state index contributed by atoms with van der Waals surface area (Å²) in [7, 11) is 0. The van der Waals surface area contributed by atoms with Gasteiger partial charge in [-0.3, -0.25) is 4.99 Å². The number of halogens is 1. The first-order valence-corrected chi connectivity index (χ1v) is 10.3. The predicted octanol–water partition coefficient (Wildman–Crippen LogP) is 6.42. The van der Waals surface area contributed by atoms with Crippen molar-refractivity contribution in [2.24, 2.45) is 10.4 Å². The predicted molar refractivity (Wildman–Crippen MR) is 121 cm³/mol. The van der Waals surface area contributed by atoms with E-state index in [0.29, 0.717) is 5.41 Å². The maximum atomic E-state index is 9.37. The Morgan fingerprint density at radius 1 is 0.929 bits per heavy atom. The molecule has 2 fully saturated rings. The Kier molecular flexibility index (Phi) is 6.66. The summed E-state index contributed by atoms with van der Waals surface area (Å²) in [6.45, 7) is 4.55. The van der Waals surface area contributed by atoms with Gasteiger partial charge < -0.3 is 10.0 Å². The van der Waals surface area contributed by atoms with E-state index < -0.39 is 0 Å². The standard InChI is InChI=1S/C24H30N2O.ClH/c1-19-17-22(26-15-13-24(14-16-26)11-3-2-4-12-24)8-5-20(19)18-25-21-6-9-23(27)10-7-21;/h5-10,17-18,27H,2-4,11-16H2,1H3;1H. The molecule has 0 atom stereocenters. The molecule has 1 heterocycles. The van der Waals surface area contributed by atoms with Gasteiger partial charge in [0.2, 0.25) is 0 Å². The number of aliphatic imine (C=N–C) groups is 1.